The second kappa shape index (κ2) is 4.82. The van der Waals surface area contributed by atoms with Gasteiger partial charge in [-0.05, 0) is 25.3 Å². The molecule has 0 atom stereocenters. The van der Waals surface area contributed by atoms with Crippen molar-refractivity contribution < 1.29 is 9.50 Å². The SMILES string of the molecule is CSc1c(C)c(-c2cc(O)c(Cl)cc2F)nn1C. The molecule has 0 fully saturated rings. The van der Waals surface area contributed by atoms with Crippen LogP contribution in [-0.4, -0.2) is 21.1 Å². The van der Waals surface area contributed by atoms with Crippen LogP contribution < -0.4 is 0 Å². The van der Waals surface area contributed by atoms with Gasteiger partial charge in [-0.15, -0.1) is 11.8 Å². The average Bonchev–Trinajstić information content (AvgIpc) is 2.59. The van der Waals surface area contributed by atoms with Crippen LogP contribution in [0.3, 0.4) is 0 Å². The van der Waals surface area contributed by atoms with Gasteiger partial charge in [-0.3, -0.25) is 4.68 Å². The molecule has 0 aliphatic carbocycles. The summed E-state index contributed by atoms with van der Waals surface area (Å²) in [6.45, 7) is 1.87. The van der Waals surface area contributed by atoms with Crippen molar-refractivity contribution in [2.45, 2.75) is 11.9 Å². The van der Waals surface area contributed by atoms with Crippen molar-refractivity contribution >= 4 is 23.4 Å². The number of aromatic hydroxyl groups is 1. The van der Waals surface area contributed by atoms with Gasteiger partial charge >= 0.3 is 0 Å². The third-order valence-corrected chi connectivity index (χ3v) is 3.96. The third kappa shape index (κ3) is 2.08. The number of nitrogens with zero attached hydrogens (tertiary/aromatic N) is 2. The molecule has 0 aliphatic heterocycles. The Kier molecular flexibility index (Phi) is 3.54. The quantitative estimate of drug-likeness (QED) is 0.857. The number of thioether (sulfide) groups is 1. The van der Waals surface area contributed by atoms with Crippen LogP contribution in [0.4, 0.5) is 4.39 Å². The summed E-state index contributed by atoms with van der Waals surface area (Å²) in [6.07, 6.45) is 1.93. The lowest BCUT2D eigenvalue weighted by Gasteiger charge is -2.04. The van der Waals surface area contributed by atoms with E-state index in [2.05, 4.69) is 5.10 Å². The summed E-state index contributed by atoms with van der Waals surface area (Å²) in [5.41, 5.74) is 1.65. The number of hydrogen-bond acceptors (Lipinski definition) is 3. The molecule has 1 N–H and O–H groups in total. The molecular weight excluding hydrogens is 275 g/mol. The molecule has 0 aliphatic rings. The number of aromatic nitrogens is 2. The van der Waals surface area contributed by atoms with Gasteiger partial charge in [-0.25, -0.2) is 4.39 Å². The fourth-order valence-corrected chi connectivity index (χ4v) is 2.73. The minimum absolute atomic E-state index is 0.00470. The Morgan fingerprint density at radius 1 is 1.44 bits per heavy atom. The topological polar surface area (TPSA) is 38.1 Å². The molecule has 2 aromatic rings. The standard InChI is InChI=1S/C12H12ClFN2OS/c1-6-11(15-16(2)12(6)18-3)7-4-10(17)8(13)5-9(7)14/h4-5,17H,1-3H3. The van der Waals surface area contributed by atoms with E-state index >= 15 is 0 Å². The highest BCUT2D eigenvalue weighted by molar-refractivity contribution is 7.98. The van der Waals surface area contributed by atoms with Crippen molar-refractivity contribution in [3.8, 4) is 17.0 Å². The molecule has 18 heavy (non-hydrogen) atoms. The number of phenolic OH excluding ortho intramolecular Hbond substituents is 1. The second-order valence-corrected chi connectivity index (χ2v) is 5.09. The molecule has 96 valence electrons. The zero-order valence-electron chi connectivity index (χ0n) is 10.2. The average molecular weight is 287 g/mol. The maximum Gasteiger partial charge on any atom is 0.135 e. The van der Waals surface area contributed by atoms with E-state index in [1.807, 2.05) is 13.2 Å². The Morgan fingerprint density at radius 2 is 2.11 bits per heavy atom. The van der Waals surface area contributed by atoms with E-state index in [-0.39, 0.29) is 16.3 Å². The van der Waals surface area contributed by atoms with Crippen molar-refractivity contribution in [1.29, 1.82) is 0 Å². The lowest BCUT2D eigenvalue weighted by Crippen LogP contribution is -1.92. The maximum atomic E-state index is 13.9. The van der Waals surface area contributed by atoms with Crippen LogP contribution in [-0.2, 0) is 7.05 Å². The van der Waals surface area contributed by atoms with Crippen LogP contribution in [0.1, 0.15) is 5.56 Å². The Morgan fingerprint density at radius 3 is 2.67 bits per heavy atom. The summed E-state index contributed by atoms with van der Waals surface area (Å²) in [5.74, 6) is -0.643. The van der Waals surface area contributed by atoms with Crippen molar-refractivity contribution in [2.24, 2.45) is 7.05 Å². The van der Waals surface area contributed by atoms with Crippen LogP contribution in [0.2, 0.25) is 5.02 Å². The highest BCUT2D eigenvalue weighted by atomic mass is 35.5. The number of rotatable bonds is 2. The minimum atomic E-state index is -0.494. The first-order valence-electron chi connectivity index (χ1n) is 5.21. The van der Waals surface area contributed by atoms with Gasteiger partial charge in [0.15, 0.2) is 0 Å². The molecule has 6 heteroatoms. The number of hydrogen-bond donors (Lipinski definition) is 1. The van der Waals surface area contributed by atoms with Crippen LogP contribution in [0.5, 0.6) is 5.75 Å². The molecule has 3 nitrogen and oxygen atoms in total. The molecule has 2 rings (SSSR count). The monoisotopic (exact) mass is 286 g/mol. The molecule has 1 aromatic carbocycles. The van der Waals surface area contributed by atoms with Gasteiger partial charge in [0.05, 0.1) is 15.7 Å². The summed E-state index contributed by atoms with van der Waals surface area (Å²) < 4.78 is 15.6. The zero-order valence-corrected chi connectivity index (χ0v) is 11.7. The predicted molar refractivity (Wildman–Crippen MR) is 71.8 cm³/mol. The van der Waals surface area contributed by atoms with Crippen LogP contribution >= 0.6 is 23.4 Å². The van der Waals surface area contributed by atoms with Crippen LogP contribution in [0.25, 0.3) is 11.3 Å². The Balaban J connectivity index is 2.66. The third-order valence-electron chi connectivity index (χ3n) is 2.70. The smallest absolute Gasteiger partial charge is 0.135 e. The van der Waals surface area contributed by atoms with Crippen LogP contribution in [0, 0.1) is 12.7 Å². The molecule has 1 heterocycles. The zero-order chi connectivity index (χ0) is 13.4. The van der Waals surface area contributed by atoms with Gasteiger partial charge in [0.1, 0.15) is 11.6 Å². The van der Waals surface area contributed by atoms with E-state index < -0.39 is 5.82 Å². The van der Waals surface area contributed by atoms with E-state index in [9.17, 15) is 9.50 Å². The second-order valence-electron chi connectivity index (χ2n) is 3.89. The van der Waals surface area contributed by atoms with Crippen molar-refractivity contribution in [3.05, 3.63) is 28.5 Å². The summed E-state index contributed by atoms with van der Waals surface area (Å²) in [5, 5.41) is 14.8. The summed E-state index contributed by atoms with van der Waals surface area (Å²) in [7, 11) is 1.80. The summed E-state index contributed by atoms with van der Waals surface area (Å²) >= 11 is 7.20. The lowest BCUT2D eigenvalue weighted by molar-refractivity contribution is 0.474. The summed E-state index contributed by atoms with van der Waals surface area (Å²) in [4.78, 5) is 0. The van der Waals surface area contributed by atoms with E-state index in [0.717, 1.165) is 16.7 Å². The first-order chi connectivity index (χ1) is 8.45. The van der Waals surface area contributed by atoms with E-state index in [4.69, 9.17) is 11.6 Å². The van der Waals surface area contributed by atoms with E-state index in [1.165, 1.54) is 6.07 Å². The maximum absolute atomic E-state index is 13.9. The fraction of sp³-hybridized carbons (Fsp3) is 0.250. The first-order valence-corrected chi connectivity index (χ1v) is 6.82. The molecule has 0 bridgehead atoms. The first kappa shape index (κ1) is 13.2. The Hall–Kier alpha value is -1.20. The molecule has 0 radical (unpaired) electrons. The van der Waals surface area contributed by atoms with Gasteiger partial charge in [-0.1, -0.05) is 11.6 Å². The normalized spacial score (nSPS) is 10.9. The molecule has 1 aromatic heterocycles. The Bertz CT molecular complexity index is 613. The fourth-order valence-electron chi connectivity index (χ4n) is 1.87. The van der Waals surface area contributed by atoms with Gasteiger partial charge < -0.3 is 5.11 Å². The van der Waals surface area contributed by atoms with Gasteiger partial charge in [0.2, 0.25) is 0 Å². The number of halogens is 2. The molecule has 0 amide bonds. The van der Waals surface area contributed by atoms with Crippen molar-refractivity contribution in [2.75, 3.05) is 6.26 Å². The molecule has 0 saturated carbocycles. The Labute approximate surface area is 114 Å². The number of phenols is 1. The minimum Gasteiger partial charge on any atom is -0.506 e. The van der Waals surface area contributed by atoms with Crippen molar-refractivity contribution in [1.82, 2.24) is 9.78 Å². The molecular formula is C12H12ClFN2OS. The largest absolute Gasteiger partial charge is 0.506 e. The van der Waals surface area contributed by atoms with E-state index in [0.29, 0.717) is 5.69 Å². The van der Waals surface area contributed by atoms with Crippen LogP contribution in [0.15, 0.2) is 17.2 Å². The lowest BCUT2D eigenvalue weighted by atomic mass is 10.1. The summed E-state index contributed by atoms with van der Waals surface area (Å²) in [6, 6.07) is 2.40. The van der Waals surface area contributed by atoms with Gasteiger partial charge in [0, 0.05) is 18.2 Å². The molecule has 0 unspecified atom stereocenters. The van der Waals surface area contributed by atoms with E-state index in [1.54, 1.807) is 23.5 Å². The highest BCUT2D eigenvalue weighted by Gasteiger charge is 2.18. The van der Waals surface area contributed by atoms with Gasteiger partial charge in [-0.2, -0.15) is 5.10 Å². The van der Waals surface area contributed by atoms with Gasteiger partial charge in [0.25, 0.3) is 0 Å². The number of benzene rings is 1. The molecule has 0 saturated heterocycles. The predicted octanol–water partition coefficient (Wildman–Crippen LogP) is 3.62. The highest BCUT2D eigenvalue weighted by Crippen LogP contribution is 2.35. The van der Waals surface area contributed by atoms with Crippen molar-refractivity contribution in [3.63, 3.8) is 0 Å². The number of aryl methyl sites for hydroxylation is 1. The molecule has 0 spiro atoms.